The number of likely N-dealkylation sites (tertiary alicyclic amines) is 1. The average Bonchev–Trinajstić information content (AvgIpc) is 3.39. The Hall–Kier alpha value is -3.35. The minimum atomic E-state index is -0.920. The zero-order valence-corrected chi connectivity index (χ0v) is 18.8. The molecule has 2 atom stereocenters. The second-order valence-electron chi connectivity index (χ2n) is 8.74. The third-order valence-corrected chi connectivity index (χ3v) is 6.58. The highest BCUT2D eigenvalue weighted by molar-refractivity contribution is 5.86. The number of ether oxygens (including phenoxy) is 1. The summed E-state index contributed by atoms with van der Waals surface area (Å²) in [6.07, 6.45) is 1.92. The maximum Gasteiger partial charge on any atom is 0.407 e. The van der Waals surface area contributed by atoms with Gasteiger partial charge in [-0.3, -0.25) is 9.59 Å². The lowest BCUT2D eigenvalue weighted by molar-refractivity contribution is -0.140. The fourth-order valence-electron chi connectivity index (χ4n) is 5.07. The molecule has 4 rings (SSSR count). The molecule has 2 aromatic carbocycles. The van der Waals surface area contributed by atoms with Crippen LogP contribution in [-0.2, 0) is 14.3 Å². The van der Waals surface area contributed by atoms with Crippen molar-refractivity contribution in [3.63, 3.8) is 0 Å². The standard InChI is InChI=1S/C26H30N2O5/c1-2-8-23(25(31)28-14-7-9-17(28)15-24(29)30)27-26(32)33-16-22-20-12-5-3-10-18(20)19-11-4-6-13-21(19)22/h3-6,10-13,17,22-23H,2,7-9,14-16H2,1H3,(H,27,32)(H,29,30). The highest BCUT2D eigenvalue weighted by atomic mass is 16.5. The summed E-state index contributed by atoms with van der Waals surface area (Å²) in [4.78, 5) is 38.6. The molecule has 2 N–H and O–H groups in total. The van der Waals surface area contributed by atoms with Gasteiger partial charge < -0.3 is 20.1 Å². The van der Waals surface area contributed by atoms with Crippen molar-refractivity contribution in [1.82, 2.24) is 10.2 Å². The summed E-state index contributed by atoms with van der Waals surface area (Å²) in [6.45, 7) is 2.64. The molecule has 0 aromatic heterocycles. The van der Waals surface area contributed by atoms with Gasteiger partial charge in [-0.1, -0.05) is 61.9 Å². The molecule has 174 valence electrons. The number of aliphatic carboxylic acids is 1. The first-order valence-corrected chi connectivity index (χ1v) is 11.6. The molecule has 1 heterocycles. The molecule has 1 aliphatic carbocycles. The van der Waals surface area contributed by atoms with Crippen LogP contribution < -0.4 is 5.32 Å². The van der Waals surface area contributed by atoms with E-state index in [2.05, 4.69) is 29.6 Å². The van der Waals surface area contributed by atoms with E-state index in [-0.39, 0.29) is 30.9 Å². The first-order valence-electron chi connectivity index (χ1n) is 11.6. The molecule has 2 aromatic rings. The molecule has 0 bridgehead atoms. The highest BCUT2D eigenvalue weighted by Gasteiger charge is 2.35. The minimum absolute atomic E-state index is 0.0537. The SMILES string of the molecule is CCCC(NC(=O)OCC1c2ccccc2-c2ccccc21)C(=O)N1CCCC1CC(=O)O. The van der Waals surface area contributed by atoms with Crippen molar-refractivity contribution in [2.75, 3.05) is 13.2 Å². The predicted octanol–water partition coefficient (Wildman–Crippen LogP) is 4.16. The fourth-order valence-corrected chi connectivity index (χ4v) is 5.07. The van der Waals surface area contributed by atoms with Crippen molar-refractivity contribution in [2.45, 2.75) is 57.0 Å². The molecule has 0 spiro atoms. The van der Waals surface area contributed by atoms with Crippen molar-refractivity contribution in [1.29, 1.82) is 0 Å². The Morgan fingerprint density at radius 1 is 1.09 bits per heavy atom. The number of amides is 2. The number of hydrogen-bond acceptors (Lipinski definition) is 4. The summed E-state index contributed by atoms with van der Waals surface area (Å²) in [5.41, 5.74) is 4.56. The van der Waals surface area contributed by atoms with Gasteiger partial charge in [0.15, 0.2) is 0 Å². The highest BCUT2D eigenvalue weighted by Crippen LogP contribution is 2.44. The van der Waals surface area contributed by atoms with Crippen molar-refractivity contribution >= 4 is 18.0 Å². The molecule has 2 amide bonds. The van der Waals surface area contributed by atoms with Gasteiger partial charge in [-0.2, -0.15) is 0 Å². The molecule has 1 saturated heterocycles. The largest absolute Gasteiger partial charge is 0.481 e. The van der Waals surface area contributed by atoms with E-state index >= 15 is 0 Å². The maximum absolute atomic E-state index is 13.1. The zero-order chi connectivity index (χ0) is 23.4. The summed E-state index contributed by atoms with van der Waals surface area (Å²) in [5, 5.41) is 11.9. The number of carboxylic acids is 1. The Bertz CT molecular complexity index is 991. The lowest BCUT2D eigenvalue weighted by Gasteiger charge is -2.28. The van der Waals surface area contributed by atoms with E-state index in [1.165, 1.54) is 0 Å². The number of alkyl carbamates (subject to hydrolysis) is 1. The van der Waals surface area contributed by atoms with Crippen LogP contribution >= 0.6 is 0 Å². The van der Waals surface area contributed by atoms with E-state index in [0.717, 1.165) is 28.7 Å². The van der Waals surface area contributed by atoms with Crippen LogP contribution in [-0.4, -0.2) is 53.2 Å². The Balaban J connectivity index is 1.41. The van der Waals surface area contributed by atoms with Crippen molar-refractivity contribution in [3.05, 3.63) is 59.7 Å². The van der Waals surface area contributed by atoms with Gasteiger partial charge in [-0.25, -0.2) is 4.79 Å². The number of rotatable bonds is 8. The zero-order valence-electron chi connectivity index (χ0n) is 18.8. The Morgan fingerprint density at radius 3 is 2.33 bits per heavy atom. The third-order valence-electron chi connectivity index (χ3n) is 6.58. The summed E-state index contributed by atoms with van der Waals surface area (Å²) in [5.74, 6) is -1.20. The van der Waals surface area contributed by atoms with Crippen LogP contribution in [0.25, 0.3) is 11.1 Å². The van der Waals surface area contributed by atoms with E-state index in [1.807, 2.05) is 31.2 Å². The first-order chi connectivity index (χ1) is 16.0. The van der Waals surface area contributed by atoms with E-state index in [1.54, 1.807) is 4.90 Å². The van der Waals surface area contributed by atoms with Crippen LogP contribution in [0.2, 0.25) is 0 Å². The van der Waals surface area contributed by atoms with Gasteiger partial charge in [-0.15, -0.1) is 0 Å². The number of nitrogens with zero attached hydrogens (tertiary/aromatic N) is 1. The van der Waals surface area contributed by atoms with Crippen LogP contribution in [0.15, 0.2) is 48.5 Å². The van der Waals surface area contributed by atoms with Gasteiger partial charge in [0, 0.05) is 18.5 Å². The van der Waals surface area contributed by atoms with Crippen LogP contribution in [0.5, 0.6) is 0 Å². The number of benzene rings is 2. The molecule has 7 heteroatoms. The van der Waals surface area contributed by atoms with Gasteiger partial charge >= 0.3 is 12.1 Å². The van der Waals surface area contributed by atoms with E-state index < -0.39 is 18.1 Å². The van der Waals surface area contributed by atoms with Gasteiger partial charge in [0.2, 0.25) is 5.91 Å². The number of nitrogens with one attached hydrogen (secondary N) is 1. The predicted molar refractivity (Wildman–Crippen MR) is 124 cm³/mol. The number of hydrogen-bond donors (Lipinski definition) is 2. The lowest BCUT2D eigenvalue weighted by Crippen LogP contribution is -2.50. The van der Waals surface area contributed by atoms with Crippen LogP contribution in [0.3, 0.4) is 0 Å². The molecular formula is C26H30N2O5. The second-order valence-corrected chi connectivity index (χ2v) is 8.74. The second kappa shape index (κ2) is 10.1. The normalized spacial score (nSPS) is 17.8. The molecule has 1 aliphatic heterocycles. The molecule has 0 radical (unpaired) electrons. The number of fused-ring (bicyclic) bond motifs is 3. The molecule has 2 unspecified atom stereocenters. The number of carboxylic acid groups (broad SMARTS) is 1. The summed E-state index contributed by atoms with van der Waals surface area (Å²) in [7, 11) is 0. The summed E-state index contributed by atoms with van der Waals surface area (Å²) < 4.78 is 5.61. The number of carbonyl (C=O) groups excluding carboxylic acids is 2. The first kappa shape index (κ1) is 22.8. The minimum Gasteiger partial charge on any atom is -0.481 e. The Kier molecular flexibility index (Phi) is 6.96. The average molecular weight is 451 g/mol. The van der Waals surface area contributed by atoms with Crippen molar-refractivity contribution < 1.29 is 24.2 Å². The van der Waals surface area contributed by atoms with E-state index in [0.29, 0.717) is 25.8 Å². The van der Waals surface area contributed by atoms with Gasteiger partial charge in [0.1, 0.15) is 12.6 Å². The van der Waals surface area contributed by atoms with Gasteiger partial charge in [0.25, 0.3) is 0 Å². The van der Waals surface area contributed by atoms with Gasteiger partial charge in [0.05, 0.1) is 6.42 Å². The quantitative estimate of drug-likeness (QED) is 0.630. The number of carbonyl (C=O) groups is 3. The Labute approximate surface area is 193 Å². The van der Waals surface area contributed by atoms with Crippen LogP contribution in [0.4, 0.5) is 4.79 Å². The third kappa shape index (κ3) is 4.87. The molecule has 1 fully saturated rings. The van der Waals surface area contributed by atoms with Crippen LogP contribution in [0, 0.1) is 0 Å². The molecule has 7 nitrogen and oxygen atoms in total. The maximum atomic E-state index is 13.1. The molecular weight excluding hydrogens is 420 g/mol. The van der Waals surface area contributed by atoms with Crippen molar-refractivity contribution in [2.24, 2.45) is 0 Å². The van der Waals surface area contributed by atoms with Gasteiger partial charge in [-0.05, 0) is 41.5 Å². The summed E-state index contributed by atoms with van der Waals surface area (Å²) >= 11 is 0. The molecule has 2 aliphatic rings. The van der Waals surface area contributed by atoms with Crippen LogP contribution in [0.1, 0.15) is 56.1 Å². The summed E-state index contributed by atoms with van der Waals surface area (Å²) in [6, 6.07) is 15.2. The smallest absolute Gasteiger partial charge is 0.407 e. The lowest BCUT2D eigenvalue weighted by atomic mass is 9.98. The molecule has 0 saturated carbocycles. The Morgan fingerprint density at radius 2 is 1.73 bits per heavy atom. The fraction of sp³-hybridized carbons (Fsp3) is 0.423. The van der Waals surface area contributed by atoms with Crippen molar-refractivity contribution in [3.8, 4) is 11.1 Å². The molecule has 33 heavy (non-hydrogen) atoms. The monoisotopic (exact) mass is 450 g/mol. The van der Waals surface area contributed by atoms with E-state index in [9.17, 15) is 14.4 Å². The van der Waals surface area contributed by atoms with E-state index in [4.69, 9.17) is 9.84 Å². The topological polar surface area (TPSA) is 95.9 Å².